The van der Waals surface area contributed by atoms with Crippen molar-refractivity contribution >= 4 is 60.5 Å². The molecule has 0 bridgehead atoms. The van der Waals surface area contributed by atoms with E-state index in [0.717, 1.165) is 50.1 Å². The van der Waals surface area contributed by atoms with Crippen molar-refractivity contribution in [1.29, 1.82) is 0 Å². The molecule has 0 radical (unpaired) electrons. The average molecular weight is 752 g/mol. The van der Waals surface area contributed by atoms with Gasteiger partial charge in [0.05, 0.1) is 5.41 Å². The van der Waals surface area contributed by atoms with Gasteiger partial charge in [0.15, 0.2) is 0 Å². The van der Waals surface area contributed by atoms with Crippen LogP contribution >= 0.6 is 0 Å². The number of nitrogens with zero attached hydrogens (tertiary/aromatic N) is 1. The van der Waals surface area contributed by atoms with Crippen molar-refractivity contribution in [1.82, 2.24) is 0 Å². The molecule has 12 rings (SSSR count). The Morgan fingerprint density at radius 2 is 0.949 bits per heavy atom. The Hall–Kier alpha value is -7.68. The minimum Gasteiger partial charge on any atom is -0.455 e. The molecule has 1 unspecified atom stereocenters. The molecule has 0 saturated heterocycles. The normalized spacial score (nSPS) is 14.5. The van der Waals surface area contributed by atoms with E-state index in [4.69, 9.17) is 4.42 Å². The average Bonchev–Trinajstić information content (AvgIpc) is 3.84. The largest absolute Gasteiger partial charge is 0.455 e. The van der Waals surface area contributed by atoms with Crippen LogP contribution in [0.4, 0.5) is 17.1 Å². The molecule has 10 aromatic carbocycles. The van der Waals surface area contributed by atoms with E-state index in [-0.39, 0.29) is 0 Å². The van der Waals surface area contributed by atoms with Crippen LogP contribution in [0.5, 0.6) is 0 Å². The van der Waals surface area contributed by atoms with Crippen LogP contribution in [-0.2, 0) is 5.41 Å². The molecule has 0 amide bonds. The molecule has 59 heavy (non-hydrogen) atoms. The second kappa shape index (κ2) is 13.2. The predicted octanol–water partition coefficient (Wildman–Crippen LogP) is 15.4. The van der Waals surface area contributed by atoms with Crippen molar-refractivity contribution in [2.75, 3.05) is 4.90 Å². The topological polar surface area (TPSA) is 16.4 Å². The quantitative estimate of drug-likeness (QED) is 0.157. The first-order chi connectivity index (χ1) is 29.3. The molecule has 2 nitrogen and oxygen atoms in total. The molecule has 0 aliphatic heterocycles. The number of rotatable bonds is 6. The van der Waals surface area contributed by atoms with E-state index in [0.29, 0.717) is 0 Å². The SMILES string of the molecule is c1ccc(N(c2ccc3c(c2)C(c2ccccc2)(c2ccc(-c4cccc5c4oc4ccccc45)cc2)c2ccccc2-3)c2ccc3c(ccc4ccccc43)c2)cc1. The summed E-state index contributed by atoms with van der Waals surface area (Å²) in [7, 11) is 0. The zero-order valence-electron chi connectivity index (χ0n) is 32.2. The lowest BCUT2D eigenvalue weighted by Crippen LogP contribution is -2.28. The zero-order valence-corrected chi connectivity index (χ0v) is 32.2. The third-order valence-electron chi connectivity index (χ3n) is 12.5. The number of benzene rings is 10. The highest BCUT2D eigenvalue weighted by atomic mass is 16.3. The molecule has 11 aromatic rings. The van der Waals surface area contributed by atoms with Gasteiger partial charge in [-0.3, -0.25) is 0 Å². The monoisotopic (exact) mass is 751 g/mol. The zero-order chi connectivity index (χ0) is 38.9. The van der Waals surface area contributed by atoms with Gasteiger partial charge in [-0.2, -0.15) is 0 Å². The number of fused-ring (bicyclic) bond motifs is 9. The van der Waals surface area contributed by atoms with Gasteiger partial charge >= 0.3 is 0 Å². The van der Waals surface area contributed by atoms with Gasteiger partial charge in [-0.05, 0) is 103 Å². The second-order valence-corrected chi connectivity index (χ2v) is 15.6. The maximum Gasteiger partial charge on any atom is 0.143 e. The second-order valence-electron chi connectivity index (χ2n) is 15.6. The van der Waals surface area contributed by atoms with Crippen LogP contribution in [0, 0.1) is 0 Å². The molecule has 1 aliphatic carbocycles. The molecule has 2 heteroatoms. The number of hydrogen-bond donors (Lipinski definition) is 0. The molecular formula is C57H37NO. The highest BCUT2D eigenvalue weighted by Gasteiger charge is 2.46. The van der Waals surface area contributed by atoms with Crippen LogP contribution in [-0.4, -0.2) is 0 Å². The fourth-order valence-electron chi connectivity index (χ4n) is 9.92. The van der Waals surface area contributed by atoms with Gasteiger partial charge in [-0.15, -0.1) is 0 Å². The summed E-state index contributed by atoms with van der Waals surface area (Å²) in [5.41, 5.74) is 14.3. The number of hydrogen-bond acceptors (Lipinski definition) is 2. The highest BCUT2D eigenvalue weighted by Crippen LogP contribution is 2.57. The molecule has 1 aliphatic rings. The first kappa shape index (κ1) is 33.5. The molecular weight excluding hydrogens is 715 g/mol. The Kier molecular flexibility index (Phi) is 7.48. The minimum atomic E-state index is -0.572. The summed E-state index contributed by atoms with van der Waals surface area (Å²) in [5.74, 6) is 0. The van der Waals surface area contributed by atoms with Crippen molar-refractivity contribution in [3.63, 3.8) is 0 Å². The summed E-state index contributed by atoms with van der Waals surface area (Å²) in [6.45, 7) is 0. The summed E-state index contributed by atoms with van der Waals surface area (Å²) >= 11 is 0. The van der Waals surface area contributed by atoms with Crippen LogP contribution < -0.4 is 4.90 Å². The van der Waals surface area contributed by atoms with Crippen molar-refractivity contribution in [3.8, 4) is 22.3 Å². The van der Waals surface area contributed by atoms with Gasteiger partial charge in [0, 0.05) is 33.4 Å². The summed E-state index contributed by atoms with van der Waals surface area (Å²) < 4.78 is 6.50. The lowest BCUT2D eigenvalue weighted by Gasteiger charge is -2.35. The Labute approximate surface area is 342 Å². The van der Waals surface area contributed by atoms with E-state index < -0.39 is 5.41 Å². The lowest BCUT2D eigenvalue weighted by molar-refractivity contribution is 0.670. The molecule has 1 aromatic heterocycles. The fraction of sp³-hybridized carbons (Fsp3) is 0.0175. The van der Waals surface area contributed by atoms with Crippen molar-refractivity contribution in [3.05, 3.63) is 247 Å². The van der Waals surface area contributed by atoms with Crippen LogP contribution in [0.1, 0.15) is 22.3 Å². The molecule has 0 N–H and O–H groups in total. The minimum absolute atomic E-state index is 0.572. The standard InChI is InChI=1S/C57H37NO/c1-3-15-41(16-4-1)57(42-30-28-39(29-31-42)48-22-13-23-52-51-21-10-12-25-55(51)59-56(48)52)53-24-11-9-20-49(53)50-35-33-45(37-54(50)57)58(43-17-5-2-6-18-43)44-32-34-47-40(36-44)27-26-38-14-7-8-19-46(38)47/h1-37H. The van der Waals surface area contributed by atoms with Gasteiger partial charge in [-0.1, -0.05) is 182 Å². The molecule has 0 spiro atoms. The third-order valence-corrected chi connectivity index (χ3v) is 12.5. The van der Waals surface area contributed by atoms with E-state index >= 15 is 0 Å². The lowest BCUT2D eigenvalue weighted by atomic mass is 9.67. The Bertz CT molecular complexity index is 3380. The van der Waals surface area contributed by atoms with Gasteiger partial charge in [0.25, 0.3) is 0 Å². The van der Waals surface area contributed by atoms with Gasteiger partial charge in [0.1, 0.15) is 11.2 Å². The van der Waals surface area contributed by atoms with Gasteiger partial charge in [0.2, 0.25) is 0 Å². The van der Waals surface area contributed by atoms with Crippen molar-refractivity contribution < 1.29 is 4.42 Å². The number of furan rings is 1. The van der Waals surface area contributed by atoms with Crippen LogP contribution in [0.3, 0.4) is 0 Å². The summed E-state index contributed by atoms with van der Waals surface area (Å²) in [5, 5.41) is 7.27. The van der Waals surface area contributed by atoms with Crippen LogP contribution in [0.2, 0.25) is 0 Å². The number of para-hydroxylation sites is 3. The Morgan fingerprint density at radius 3 is 1.81 bits per heavy atom. The van der Waals surface area contributed by atoms with E-state index in [9.17, 15) is 0 Å². The predicted molar refractivity (Wildman–Crippen MR) is 246 cm³/mol. The molecule has 1 heterocycles. The Morgan fingerprint density at radius 1 is 0.339 bits per heavy atom. The summed E-state index contributed by atoms with van der Waals surface area (Å²) in [4.78, 5) is 2.41. The maximum absolute atomic E-state index is 6.50. The first-order valence-corrected chi connectivity index (χ1v) is 20.3. The van der Waals surface area contributed by atoms with Crippen molar-refractivity contribution in [2.45, 2.75) is 5.41 Å². The first-order valence-electron chi connectivity index (χ1n) is 20.3. The molecule has 0 saturated carbocycles. The molecule has 1 atom stereocenters. The van der Waals surface area contributed by atoms with Crippen LogP contribution in [0.25, 0.3) is 65.7 Å². The van der Waals surface area contributed by atoms with E-state index in [2.05, 4.69) is 223 Å². The maximum atomic E-state index is 6.50. The summed E-state index contributed by atoms with van der Waals surface area (Å²) in [6.07, 6.45) is 0. The third kappa shape index (κ3) is 5.06. The van der Waals surface area contributed by atoms with Gasteiger partial charge in [-0.25, -0.2) is 0 Å². The van der Waals surface area contributed by atoms with Crippen LogP contribution in [0.15, 0.2) is 229 Å². The molecule has 276 valence electrons. The van der Waals surface area contributed by atoms with E-state index in [1.807, 2.05) is 6.07 Å². The smallest absolute Gasteiger partial charge is 0.143 e. The summed E-state index contributed by atoms with van der Waals surface area (Å²) in [6, 6.07) is 81.9. The molecule has 0 fully saturated rings. The van der Waals surface area contributed by atoms with E-state index in [1.54, 1.807) is 0 Å². The van der Waals surface area contributed by atoms with Gasteiger partial charge < -0.3 is 9.32 Å². The van der Waals surface area contributed by atoms with Crippen molar-refractivity contribution in [2.24, 2.45) is 0 Å². The highest BCUT2D eigenvalue weighted by molar-refractivity contribution is 6.10. The van der Waals surface area contributed by atoms with E-state index in [1.165, 1.54) is 54.9 Å². The fourth-order valence-corrected chi connectivity index (χ4v) is 9.92. The Balaban J connectivity index is 1.07. The number of anilines is 3.